The van der Waals surface area contributed by atoms with E-state index < -0.39 is 10.0 Å². The van der Waals surface area contributed by atoms with Gasteiger partial charge in [0.1, 0.15) is 0 Å². The smallest absolute Gasteiger partial charge is 0.288 e. The molecule has 1 aromatic heterocycles. The van der Waals surface area contributed by atoms with E-state index in [2.05, 4.69) is 0 Å². The molecule has 144 valence electrons. The van der Waals surface area contributed by atoms with E-state index in [1.54, 1.807) is 17.0 Å². The zero-order chi connectivity index (χ0) is 19.6. The first kappa shape index (κ1) is 19.8. The number of amides is 1. The SMILES string of the molecule is Cc1ccc[n+](CC(=O)N2CCN(S(=O)(=O)c3ccc(Cl)cc3)CC2)c1C. The predicted molar refractivity (Wildman–Crippen MR) is 103 cm³/mol. The maximum atomic E-state index is 12.7. The summed E-state index contributed by atoms with van der Waals surface area (Å²) in [6.07, 6.45) is 1.89. The predicted octanol–water partition coefficient (Wildman–Crippen LogP) is 1.78. The molecule has 0 unspecified atom stereocenters. The number of carbonyl (C=O) groups excluding carboxylic acids is 1. The molecule has 0 atom stereocenters. The van der Waals surface area contributed by atoms with Crippen molar-refractivity contribution in [3.05, 3.63) is 58.9 Å². The third-order valence-corrected chi connectivity index (χ3v) is 7.13. The van der Waals surface area contributed by atoms with Crippen molar-refractivity contribution in [1.29, 1.82) is 0 Å². The lowest BCUT2D eigenvalue weighted by molar-refractivity contribution is -0.691. The Bertz CT molecular complexity index is 937. The molecule has 6 nitrogen and oxygen atoms in total. The summed E-state index contributed by atoms with van der Waals surface area (Å²) in [6.45, 7) is 5.60. The molecule has 0 bridgehead atoms. The van der Waals surface area contributed by atoms with E-state index in [9.17, 15) is 13.2 Å². The van der Waals surface area contributed by atoms with E-state index in [1.807, 2.05) is 36.7 Å². The van der Waals surface area contributed by atoms with Gasteiger partial charge in [0.2, 0.25) is 16.6 Å². The zero-order valence-electron chi connectivity index (χ0n) is 15.4. The number of hydrogen-bond donors (Lipinski definition) is 0. The number of nitrogens with zero attached hydrogens (tertiary/aromatic N) is 3. The summed E-state index contributed by atoms with van der Waals surface area (Å²) >= 11 is 5.83. The Morgan fingerprint density at radius 2 is 1.70 bits per heavy atom. The molecule has 1 fully saturated rings. The van der Waals surface area contributed by atoms with Crippen LogP contribution < -0.4 is 4.57 Å². The number of benzene rings is 1. The summed E-state index contributed by atoms with van der Waals surface area (Å²) in [4.78, 5) is 14.6. The van der Waals surface area contributed by atoms with E-state index in [0.717, 1.165) is 11.3 Å². The lowest BCUT2D eigenvalue weighted by atomic mass is 10.2. The molecular formula is C19H23ClN3O3S+. The van der Waals surface area contributed by atoms with E-state index in [4.69, 9.17) is 11.6 Å². The first-order valence-corrected chi connectivity index (χ1v) is 10.6. The standard InChI is InChI=1S/C19H23ClN3O3S/c1-15-4-3-9-22(16(15)2)14-19(24)21-10-12-23(13-11-21)27(25,26)18-7-5-17(20)6-8-18/h3-9H,10-14H2,1-2H3/q+1. The fourth-order valence-corrected chi connectivity index (χ4v) is 4.65. The van der Waals surface area contributed by atoms with Gasteiger partial charge in [-0.1, -0.05) is 11.6 Å². The molecule has 1 amide bonds. The number of pyridine rings is 1. The molecule has 1 aliphatic rings. The lowest BCUT2D eigenvalue weighted by Crippen LogP contribution is -2.54. The Hall–Kier alpha value is -1.96. The van der Waals surface area contributed by atoms with Gasteiger partial charge < -0.3 is 4.90 Å². The summed E-state index contributed by atoms with van der Waals surface area (Å²) in [7, 11) is -3.57. The van der Waals surface area contributed by atoms with Crippen molar-refractivity contribution < 1.29 is 17.8 Å². The van der Waals surface area contributed by atoms with Crippen molar-refractivity contribution in [3.8, 4) is 0 Å². The Kier molecular flexibility index (Phi) is 5.83. The van der Waals surface area contributed by atoms with Gasteiger partial charge in [0.15, 0.2) is 11.9 Å². The van der Waals surface area contributed by atoms with Crippen LogP contribution in [-0.2, 0) is 21.4 Å². The highest BCUT2D eigenvalue weighted by atomic mass is 35.5. The molecule has 1 aliphatic heterocycles. The Balaban J connectivity index is 1.63. The number of sulfonamides is 1. The van der Waals surface area contributed by atoms with Gasteiger partial charge in [0.05, 0.1) is 4.90 Å². The normalized spacial score (nSPS) is 15.7. The van der Waals surface area contributed by atoms with Gasteiger partial charge in [-0.2, -0.15) is 8.87 Å². The summed E-state index contributed by atoms with van der Waals surface area (Å²) in [5.41, 5.74) is 2.18. The number of carbonyl (C=O) groups is 1. The van der Waals surface area contributed by atoms with Gasteiger partial charge in [-0.15, -0.1) is 0 Å². The second-order valence-corrected chi connectivity index (χ2v) is 9.02. The monoisotopic (exact) mass is 408 g/mol. The number of aryl methyl sites for hydroxylation is 1. The Morgan fingerprint density at radius 1 is 1.07 bits per heavy atom. The molecule has 0 saturated carbocycles. The molecule has 0 N–H and O–H groups in total. The maximum Gasteiger partial charge on any atom is 0.288 e. The van der Waals surface area contributed by atoms with Crippen LogP contribution in [0.2, 0.25) is 5.02 Å². The second-order valence-electron chi connectivity index (χ2n) is 6.64. The van der Waals surface area contributed by atoms with Crippen LogP contribution in [-0.4, -0.2) is 49.7 Å². The Morgan fingerprint density at radius 3 is 2.33 bits per heavy atom. The highest BCUT2D eigenvalue weighted by Crippen LogP contribution is 2.20. The molecule has 2 aromatic rings. The fourth-order valence-electron chi connectivity index (χ4n) is 3.10. The van der Waals surface area contributed by atoms with Crippen molar-refractivity contribution in [2.45, 2.75) is 25.3 Å². The molecular weight excluding hydrogens is 386 g/mol. The topological polar surface area (TPSA) is 61.6 Å². The average Bonchev–Trinajstić information content (AvgIpc) is 2.66. The highest BCUT2D eigenvalue weighted by Gasteiger charge is 2.31. The van der Waals surface area contributed by atoms with Gasteiger partial charge in [-0.25, -0.2) is 8.42 Å². The second kappa shape index (κ2) is 7.96. The number of halogens is 1. The lowest BCUT2D eigenvalue weighted by Gasteiger charge is -2.33. The minimum atomic E-state index is -3.57. The van der Waals surface area contributed by atoms with Crippen LogP contribution in [0.3, 0.4) is 0 Å². The van der Waals surface area contributed by atoms with Gasteiger partial charge in [0.25, 0.3) is 5.91 Å². The van der Waals surface area contributed by atoms with Crippen molar-refractivity contribution in [3.63, 3.8) is 0 Å². The number of aromatic nitrogens is 1. The fraction of sp³-hybridized carbons (Fsp3) is 0.368. The quantitative estimate of drug-likeness (QED) is 0.724. The van der Waals surface area contributed by atoms with E-state index in [1.165, 1.54) is 16.4 Å². The van der Waals surface area contributed by atoms with Crippen LogP contribution in [0.5, 0.6) is 0 Å². The maximum absolute atomic E-state index is 12.7. The molecule has 2 heterocycles. The average molecular weight is 409 g/mol. The highest BCUT2D eigenvalue weighted by molar-refractivity contribution is 7.89. The molecule has 1 saturated heterocycles. The van der Waals surface area contributed by atoms with Crippen LogP contribution in [0.25, 0.3) is 0 Å². The molecule has 3 rings (SSSR count). The first-order valence-electron chi connectivity index (χ1n) is 8.78. The van der Waals surface area contributed by atoms with Crippen molar-refractivity contribution in [2.24, 2.45) is 0 Å². The van der Waals surface area contributed by atoms with E-state index in [-0.39, 0.29) is 30.4 Å². The van der Waals surface area contributed by atoms with Crippen LogP contribution in [0.15, 0.2) is 47.5 Å². The molecule has 0 aliphatic carbocycles. The van der Waals surface area contributed by atoms with Crippen LogP contribution in [0.4, 0.5) is 0 Å². The van der Waals surface area contributed by atoms with Gasteiger partial charge in [0, 0.05) is 49.8 Å². The molecule has 0 spiro atoms. The van der Waals surface area contributed by atoms with Gasteiger partial charge in [-0.3, -0.25) is 4.79 Å². The van der Waals surface area contributed by atoms with Crippen molar-refractivity contribution in [1.82, 2.24) is 9.21 Å². The minimum Gasteiger partial charge on any atom is -0.335 e. The Labute approximate surface area is 165 Å². The third-order valence-electron chi connectivity index (χ3n) is 4.96. The third kappa shape index (κ3) is 4.31. The van der Waals surface area contributed by atoms with E-state index in [0.29, 0.717) is 18.1 Å². The van der Waals surface area contributed by atoms with Gasteiger partial charge in [-0.05, 0) is 37.3 Å². The first-order chi connectivity index (χ1) is 12.8. The summed E-state index contributed by atoms with van der Waals surface area (Å²) in [6, 6.07) is 10.1. The van der Waals surface area contributed by atoms with Crippen molar-refractivity contribution in [2.75, 3.05) is 26.2 Å². The zero-order valence-corrected chi connectivity index (χ0v) is 17.0. The molecule has 1 aromatic carbocycles. The van der Waals surface area contributed by atoms with Crippen LogP contribution >= 0.6 is 11.6 Å². The summed E-state index contributed by atoms with van der Waals surface area (Å²) in [5, 5.41) is 0.494. The molecule has 0 radical (unpaired) electrons. The number of hydrogen-bond acceptors (Lipinski definition) is 3. The van der Waals surface area contributed by atoms with Gasteiger partial charge >= 0.3 is 0 Å². The number of rotatable bonds is 4. The molecule has 8 heteroatoms. The largest absolute Gasteiger partial charge is 0.335 e. The summed E-state index contributed by atoms with van der Waals surface area (Å²) in [5.74, 6) is -0.00255. The van der Waals surface area contributed by atoms with Crippen LogP contribution in [0.1, 0.15) is 11.3 Å². The molecule has 27 heavy (non-hydrogen) atoms. The van der Waals surface area contributed by atoms with Crippen molar-refractivity contribution >= 4 is 27.5 Å². The minimum absolute atomic E-state index is 0.00255. The number of piperazine rings is 1. The summed E-state index contributed by atoms with van der Waals surface area (Å²) < 4.78 is 28.8. The van der Waals surface area contributed by atoms with Crippen LogP contribution in [0, 0.1) is 13.8 Å². The van der Waals surface area contributed by atoms with E-state index >= 15 is 0 Å².